The van der Waals surface area contributed by atoms with Crippen molar-refractivity contribution in [1.29, 1.82) is 0 Å². The van der Waals surface area contributed by atoms with Crippen molar-refractivity contribution in [3.63, 3.8) is 0 Å². The lowest BCUT2D eigenvalue weighted by Crippen LogP contribution is -1.96. The molecule has 0 aliphatic heterocycles. The van der Waals surface area contributed by atoms with Crippen molar-refractivity contribution >= 4 is 22.2 Å². The molecule has 1 aromatic rings. The minimum absolute atomic E-state index is 0.0503. The number of carbonyl (C=O) groups is 1. The number of aldehydes is 1. The highest BCUT2D eigenvalue weighted by molar-refractivity contribution is 9.10. The van der Waals surface area contributed by atoms with Crippen LogP contribution in [0.25, 0.3) is 0 Å². The fraction of sp³-hybridized carbons (Fsp3) is 0.300. The summed E-state index contributed by atoms with van der Waals surface area (Å²) in [7, 11) is 1.47. The molecule has 1 rings (SSSR count). The summed E-state index contributed by atoms with van der Waals surface area (Å²) in [6.07, 6.45) is 0.845. The molecule has 0 aliphatic carbocycles. The maximum absolute atomic E-state index is 10.6. The summed E-state index contributed by atoms with van der Waals surface area (Å²) in [5.74, 6) is 0.207. The Morgan fingerprint density at radius 1 is 1.57 bits per heavy atom. The predicted molar refractivity (Wildman–Crippen MR) is 56.8 cm³/mol. The third-order valence-corrected chi connectivity index (χ3v) is 2.61. The van der Waals surface area contributed by atoms with Gasteiger partial charge in [-0.15, -0.1) is 0 Å². The summed E-state index contributed by atoms with van der Waals surface area (Å²) in [6.45, 7) is 1.78. The van der Waals surface area contributed by atoms with Gasteiger partial charge in [0.15, 0.2) is 11.5 Å². The Balaban J connectivity index is 3.22. The number of hydrogen-bond donors (Lipinski definition) is 1. The first-order valence-electron chi connectivity index (χ1n) is 4.11. The number of halogens is 1. The molecule has 0 spiro atoms. The van der Waals surface area contributed by atoms with Crippen molar-refractivity contribution in [3.8, 4) is 11.5 Å². The van der Waals surface area contributed by atoms with E-state index < -0.39 is 0 Å². The minimum Gasteiger partial charge on any atom is -0.503 e. The van der Waals surface area contributed by atoms with Crippen LogP contribution in [0.3, 0.4) is 0 Å². The minimum atomic E-state index is -0.208. The van der Waals surface area contributed by atoms with E-state index in [1.54, 1.807) is 19.1 Å². The first-order chi connectivity index (χ1) is 6.60. The zero-order valence-electron chi connectivity index (χ0n) is 7.95. The van der Waals surface area contributed by atoms with Gasteiger partial charge in [-0.2, -0.15) is 0 Å². The van der Waals surface area contributed by atoms with Gasteiger partial charge in [0.2, 0.25) is 0 Å². The van der Waals surface area contributed by atoms with Gasteiger partial charge in [0.1, 0.15) is 6.29 Å². The number of benzene rings is 1. The van der Waals surface area contributed by atoms with E-state index in [0.29, 0.717) is 10.2 Å². The number of rotatable bonds is 3. The number of phenols is 1. The standard InChI is InChI=1S/C10H11BrO3/c1-6(5-12)7-3-8(11)10(13)9(4-7)14-2/h3-6,13H,1-2H3. The summed E-state index contributed by atoms with van der Waals surface area (Å²) in [5.41, 5.74) is 0.807. The van der Waals surface area contributed by atoms with Gasteiger partial charge < -0.3 is 14.6 Å². The van der Waals surface area contributed by atoms with Gasteiger partial charge in [0.05, 0.1) is 11.6 Å². The molecule has 0 saturated heterocycles. The van der Waals surface area contributed by atoms with E-state index in [2.05, 4.69) is 15.9 Å². The van der Waals surface area contributed by atoms with Crippen LogP contribution in [0.1, 0.15) is 18.4 Å². The average Bonchev–Trinajstić information content (AvgIpc) is 2.20. The van der Waals surface area contributed by atoms with Gasteiger partial charge in [-0.25, -0.2) is 0 Å². The second kappa shape index (κ2) is 4.46. The van der Waals surface area contributed by atoms with Crippen LogP contribution in [0.5, 0.6) is 11.5 Å². The Morgan fingerprint density at radius 3 is 2.71 bits per heavy atom. The summed E-state index contributed by atoms with van der Waals surface area (Å²) in [6, 6.07) is 3.36. The van der Waals surface area contributed by atoms with Gasteiger partial charge in [0, 0.05) is 5.92 Å². The molecular formula is C10H11BrO3. The number of methoxy groups -OCH3 is 1. The first kappa shape index (κ1) is 11.0. The average molecular weight is 259 g/mol. The summed E-state index contributed by atoms with van der Waals surface area (Å²) in [5, 5.41) is 9.52. The molecule has 3 nitrogen and oxygen atoms in total. The number of aromatic hydroxyl groups is 1. The molecule has 0 aliphatic rings. The van der Waals surface area contributed by atoms with Gasteiger partial charge in [-0.3, -0.25) is 0 Å². The van der Waals surface area contributed by atoms with Crippen LogP contribution in [-0.2, 0) is 4.79 Å². The molecule has 0 heterocycles. The van der Waals surface area contributed by atoms with E-state index in [1.807, 2.05) is 0 Å². The van der Waals surface area contributed by atoms with E-state index in [1.165, 1.54) is 7.11 Å². The van der Waals surface area contributed by atoms with Crippen LogP contribution in [0.15, 0.2) is 16.6 Å². The summed E-state index contributed by atoms with van der Waals surface area (Å²) >= 11 is 3.19. The van der Waals surface area contributed by atoms with Crippen molar-refractivity contribution in [2.45, 2.75) is 12.8 Å². The second-order valence-corrected chi connectivity index (χ2v) is 3.83. The van der Waals surface area contributed by atoms with Crippen LogP contribution >= 0.6 is 15.9 Å². The molecule has 0 saturated carbocycles. The SMILES string of the molecule is COc1cc(C(C)C=O)cc(Br)c1O. The lowest BCUT2D eigenvalue weighted by atomic mass is 10.0. The zero-order chi connectivity index (χ0) is 10.7. The third-order valence-electron chi connectivity index (χ3n) is 2.00. The second-order valence-electron chi connectivity index (χ2n) is 2.98. The summed E-state index contributed by atoms with van der Waals surface area (Å²) < 4.78 is 5.49. The highest BCUT2D eigenvalue weighted by Gasteiger charge is 2.12. The fourth-order valence-electron chi connectivity index (χ4n) is 1.09. The zero-order valence-corrected chi connectivity index (χ0v) is 9.54. The van der Waals surface area contributed by atoms with Crippen LogP contribution in [0, 0.1) is 0 Å². The molecule has 1 unspecified atom stereocenters. The molecule has 76 valence electrons. The van der Waals surface area contributed by atoms with Crippen molar-refractivity contribution in [3.05, 3.63) is 22.2 Å². The molecule has 14 heavy (non-hydrogen) atoms. The van der Waals surface area contributed by atoms with Gasteiger partial charge in [-0.05, 0) is 33.6 Å². The number of carbonyl (C=O) groups excluding carboxylic acids is 1. The molecule has 0 aromatic heterocycles. The maximum Gasteiger partial charge on any atom is 0.172 e. The topological polar surface area (TPSA) is 46.5 Å². The molecule has 0 bridgehead atoms. The Labute approximate surface area is 90.8 Å². The van der Waals surface area contributed by atoms with Crippen molar-refractivity contribution in [1.82, 2.24) is 0 Å². The Morgan fingerprint density at radius 2 is 2.21 bits per heavy atom. The lowest BCUT2D eigenvalue weighted by Gasteiger charge is -2.10. The van der Waals surface area contributed by atoms with E-state index in [9.17, 15) is 9.90 Å². The monoisotopic (exact) mass is 258 g/mol. The van der Waals surface area contributed by atoms with Gasteiger partial charge in [-0.1, -0.05) is 6.92 Å². The maximum atomic E-state index is 10.6. The highest BCUT2D eigenvalue weighted by atomic mass is 79.9. The molecule has 1 atom stereocenters. The van der Waals surface area contributed by atoms with Gasteiger partial charge >= 0.3 is 0 Å². The third kappa shape index (κ3) is 2.07. The summed E-state index contributed by atoms with van der Waals surface area (Å²) in [4.78, 5) is 10.6. The quantitative estimate of drug-likeness (QED) is 0.848. The molecule has 1 aromatic carbocycles. The number of phenolic OH excluding ortho intramolecular Hbond substituents is 1. The van der Waals surface area contributed by atoms with Crippen LogP contribution < -0.4 is 4.74 Å². The highest BCUT2D eigenvalue weighted by Crippen LogP contribution is 2.36. The molecule has 0 fully saturated rings. The number of ether oxygens (including phenoxy) is 1. The molecule has 4 heteroatoms. The largest absolute Gasteiger partial charge is 0.503 e. The Kier molecular flexibility index (Phi) is 3.52. The molecule has 0 amide bonds. The smallest absolute Gasteiger partial charge is 0.172 e. The van der Waals surface area contributed by atoms with Crippen LogP contribution in [0.2, 0.25) is 0 Å². The van der Waals surface area contributed by atoms with E-state index in [0.717, 1.165) is 11.8 Å². The van der Waals surface area contributed by atoms with Crippen molar-refractivity contribution in [2.75, 3.05) is 7.11 Å². The Hall–Kier alpha value is -1.03. The van der Waals surface area contributed by atoms with Crippen molar-refractivity contribution in [2.24, 2.45) is 0 Å². The normalized spacial score (nSPS) is 12.2. The fourth-order valence-corrected chi connectivity index (χ4v) is 1.55. The lowest BCUT2D eigenvalue weighted by molar-refractivity contribution is -0.108. The van der Waals surface area contributed by atoms with E-state index in [4.69, 9.17) is 4.74 Å². The van der Waals surface area contributed by atoms with E-state index >= 15 is 0 Å². The molecular weight excluding hydrogens is 248 g/mol. The van der Waals surface area contributed by atoms with Gasteiger partial charge in [0.25, 0.3) is 0 Å². The first-order valence-corrected chi connectivity index (χ1v) is 4.91. The molecule has 0 radical (unpaired) electrons. The van der Waals surface area contributed by atoms with Crippen LogP contribution in [-0.4, -0.2) is 18.5 Å². The molecule has 1 N–H and O–H groups in total. The van der Waals surface area contributed by atoms with Crippen molar-refractivity contribution < 1.29 is 14.6 Å². The predicted octanol–water partition coefficient (Wildman–Crippen LogP) is 2.47. The van der Waals surface area contributed by atoms with E-state index in [-0.39, 0.29) is 11.7 Å². The van der Waals surface area contributed by atoms with Crippen LogP contribution in [0.4, 0.5) is 0 Å². The number of hydrogen-bond acceptors (Lipinski definition) is 3. The Bertz CT molecular complexity index is 349.